The molecule has 2 aromatic rings. The highest BCUT2D eigenvalue weighted by Gasteiger charge is 2.13. The van der Waals surface area contributed by atoms with Crippen molar-refractivity contribution < 1.29 is 4.39 Å². The minimum Gasteiger partial charge on any atom is -0.206 e. The molecule has 18 heavy (non-hydrogen) atoms. The summed E-state index contributed by atoms with van der Waals surface area (Å²) in [5, 5.41) is -0.233. The van der Waals surface area contributed by atoms with Gasteiger partial charge in [-0.15, -0.1) is 11.6 Å². The first kappa shape index (κ1) is 13.1. The van der Waals surface area contributed by atoms with E-state index >= 15 is 0 Å². The zero-order chi connectivity index (χ0) is 13.3. The van der Waals surface area contributed by atoms with E-state index in [0.717, 1.165) is 11.1 Å². The molecule has 0 saturated heterocycles. The Labute approximate surface area is 112 Å². The van der Waals surface area contributed by atoms with Crippen LogP contribution >= 0.6 is 11.6 Å². The number of rotatable bonds is 2. The van der Waals surface area contributed by atoms with Gasteiger partial charge in [0.25, 0.3) is 0 Å². The molecule has 0 spiro atoms. The minimum atomic E-state index is -0.233. The van der Waals surface area contributed by atoms with Crippen LogP contribution in [-0.4, -0.2) is 0 Å². The Morgan fingerprint density at radius 2 is 1.56 bits per heavy atom. The highest BCUT2D eigenvalue weighted by atomic mass is 35.5. The summed E-state index contributed by atoms with van der Waals surface area (Å²) in [5.74, 6) is -0.146. The molecule has 1 unspecified atom stereocenters. The Balaban J connectivity index is 2.43. The van der Waals surface area contributed by atoms with E-state index in [4.69, 9.17) is 11.6 Å². The summed E-state index contributed by atoms with van der Waals surface area (Å²) in [6, 6.07) is 11.7. The van der Waals surface area contributed by atoms with Crippen molar-refractivity contribution in [2.75, 3.05) is 0 Å². The number of aryl methyl sites for hydroxylation is 3. The maximum absolute atomic E-state index is 13.6. The average molecular weight is 263 g/mol. The van der Waals surface area contributed by atoms with Gasteiger partial charge in [0.15, 0.2) is 0 Å². The Kier molecular flexibility index (Phi) is 3.72. The van der Waals surface area contributed by atoms with Crippen molar-refractivity contribution in [3.05, 3.63) is 70.0 Å². The van der Waals surface area contributed by atoms with Crippen molar-refractivity contribution >= 4 is 11.6 Å². The monoisotopic (exact) mass is 262 g/mol. The third-order valence-electron chi connectivity index (χ3n) is 3.09. The van der Waals surface area contributed by atoms with Gasteiger partial charge in [-0.1, -0.05) is 42.0 Å². The van der Waals surface area contributed by atoms with Crippen molar-refractivity contribution in [3.8, 4) is 0 Å². The van der Waals surface area contributed by atoms with E-state index in [2.05, 4.69) is 6.07 Å². The summed E-state index contributed by atoms with van der Waals surface area (Å²) in [4.78, 5) is 0. The van der Waals surface area contributed by atoms with Crippen LogP contribution in [0.1, 0.15) is 33.2 Å². The summed E-state index contributed by atoms with van der Waals surface area (Å²) in [6.45, 7) is 5.58. The van der Waals surface area contributed by atoms with E-state index in [-0.39, 0.29) is 11.2 Å². The Morgan fingerprint density at radius 3 is 2.11 bits per heavy atom. The maximum atomic E-state index is 13.6. The second kappa shape index (κ2) is 5.11. The topological polar surface area (TPSA) is 0 Å². The lowest BCUT2D eigenvalue weighted by Crippen LogP contribution is -1.98. The number of alkyl halides is 1. The predicted molar refractivity (Wildman–Crippen MR) is 74.7 cm³/mol. The van der Waals surface area contributed by atoms with E-state index in [1.54, 1.807) is 13.8 Å². The summed E-state index contributed by atoms with van der Waals surface area (Å²) in [7, 11) is 0. The van der Waals surface area contributed by atoms with E-state index < -0.39 is 0 Å². The molecule has 0 bridgehead atoms. The average Bonchev–Trinajstić information content (AvgIpc) is 2.34. The first-order valence-electron chi connectivity index (χ1n) is 5.96. The summed E-state index contributed by atoms with van der Waals surface area (Å²) < 4.78 is 13.6. The van der Waals surface area contributed by atoms with Crippen LogP contribution in [0, 0.1) is 26.6 Å². The number of halogens is 2. The first-order chi connectivity index (χ1) is 8.49. The second-order valence-electron chi connectivity index (χ2n) is 4.75. The minimum absolute atomic E-state index is 0.146. The highest BCUT2D eigenvalue weighted by Crippen LogP contribution is 2.31. The van der Waals surface area contributed by atoms with E-state index in [1.165, 1.54) is 5.56 Å². The van der Waals surface area contributed by atoms with Crippen molar-refractivity contribution in [3.63, 3.8) is 0 Å². The van der Waals surface area contributed by atoms with E-state index in [9.17, 15) is 4.39 Å². The zero-order valence-corrected chi connectivity index (χ0v) is 11.6. The standard InChI is InChI=1S/C16H16ClF/c1-10-5-4-6-13(7-10)15(17)14-8-11(2)16(18)12(3)9-14/h4-9,15H,1-3H3. The molecule has 0 saturated carbocycles. The molecule has 2 rings (SSSR count). The van der Waals surface area contributed by atoms with Gasteiger partial charge in [0.1, 0.15) is 5.82 Å². The van der Waals surface area contributed by atoms with Gasteiger partial charge in [-0.3, -0.25) is 0 Å². The number of hydrogen-bond acceptors (Lipinski definition) is 0. The Bertz CT molecular complexity index is 552. The fourth-order valence-corrected chi connectivity index (χ4v) is 2.41. The Morgan fingerprint density at radius 1 is 0.944 bits per heavy atom. The van der Waals surface area contributed by atoms with Crippen LogP contribution in [0.3, 0.4) is 0 Å². The van der Waals surface area contributed by atoms with Gasteiger partial charge in [-0.05, 0) is 43.0 Å². The third kappa shape index (κ3) is 2.56. The molecule has 0 amide bonds. The molecule has 0 aromatic heterocycles. The van der Waals surface area contributed by atoms with E-state index in [0.29, 0.717) is 11.1 Å². The maximum Gasteiger partial charge on any atom is 0.129 e. The molecular weight excluding hydrogens is 247 g/mol. The molecule has 0 aliphatic rings. The Hall–Kier alpha value is -1.34. The van der Waals surface area contributed by atoms with Crippen LogP contribution in [-0.2, 0) is 0 Å². The molecule has 94 valence electrons. The zero-order valence-electron chi connectivity index (χ0n) is 10.8. The molecule has 2 aromatic carbocycles. The van der Waals surface area contributed by atoms with Gasteiger partial charge >= 0.3 is 0 Å². The lowest BCUT2D eigenvalue weighted by Gasteiger charge is -2.13. The van der Waals surface area contributed by atoms with Gasteiger partial charge in [-0.25, -0.2) is 4.39 Å². The van der Waals surface area contributed by atoms with Crippen LogP contribution in [0.4, 0.5) is 4.39 Å². The molecule has 0 fully saturated rings. The van der Waals surface area contributed by atoms with Crippen molar-refractivity contribution in [2.45, 2.75) is 26.1 Å². The van der Waals surface area contributed by atoms with Gasteiger partial charge in [-0.2, -0.15) is 0 Å². The van der Waals surface area contributed by atoms with Crippen LogP contribution in [0.5, 0.6) is 0 Å². The van der Waals surface area contributed by atoms with Crippen LogP contribution in [0.2, 0.25) is 0 Å². The normalized spacial score (nSPS) is 12.5. The van der Waals surface area contributed by atoms with Gasteiger partial charge in [0.2, 0.25) is 0 Å². The molecular formula is C16H16ClF. The quantitative estimate of drug-likeness (QED) is 0.662. The SMILES string of the molecule is Cc1cccc(C(Cl)c2cc(C)c(F)c(C)c2)c1. The lowest BCUT2D eigenvalue weighted by molar-refractivity contribution is 0.608. The predicted octanol–water partition coefficient (Wildman–Crippen LogP) is 5.08. The van der Waals surface area contributed by atoms with Gasteiger partial charge in [0.05, 0.1) is 5.38 Å². The first-order valence-corrected chi connectivity index (χ1v) is 6.40. The van der Waals surface area contributed by atoms with Crippen LogP contribution in [0.25, 0.3) is 0 Å². The van der Waals surface area contributed by atoms with Crippen molar-refractivity contribution in [2.24, 2.45) is 0 Å². The second-order valence-corrected chi connectivity index (χ2v) is 5.18. The molecule has 2 heteroatoms. The number of hydrogen-bond donors (Lipinski definition) is 0. The number of benzene rings is 2. The van der Waals surface area contributed by atoms with Gasteiger partial charge < -0.3 is 0 Å². The van der Waals surface area contributed by atoms with Crippen molar-refractivity contribution in [1.29, 1.82) is 0 Å². The van der Waals surface area contributed by atoms with Crippen LogP contribution < -0.4 is 0 Å². The molecule has 0 heterocycles. The fourth-order valence-electron chi connectivity index (χ4n) is 2.15. The molecule has 1 atom stereocenters. The lowest BCUT2D eigenvalue weighted by atomic mass is 9.99. The summed E-state index contributed by atoms with van der Waals surface area (Å²) in [6.07, 6.45) is 0. The van der Waals surface area contributed by atoms with Crippen molar-refractivity contribution in [1.82, 2.24) is 0 Å². The molecule has 0 nitrogen and oxygen atoms in total. The third-order valence-corrected chi connectivity index (χ3v) is 3.59. The molecule has 0 radical (unpaired) electrons. The largest absolute Gasteiger partial charge is 0.206 e. The summed E-state index contributed by atoms with van der Waals surface area (Å²) in [5.41, 5.74) is 4.45. The van der Waals surface area contributed by atoms with E-state index in [1.807, 2.05) is 37.3 Å². The molecule has 0 aliphatic heterocycles. The van der Waals surface area contributed by atoms with Crippen LogP contribution in [0.15, 0.2) is 36.4 Å². The highest BCUT2D eigenvalue weighted by molar-refractivity contribution is 6.22. The summed E-state index contributed by atoms with van der Waals surface area (Å²) >= 11 is 6.48. The fraction of sp³-hybridized carbons (Fsp3) is 0.250. The van der Waals surface area contributed by atoms with Gasteiger partial charge in [0, 0.05) is 0 Å². The molecule has 0 aliphatic carbocycles. The smallest absolute Gasteiger partial charge is 0.129 e. The molecule has 0 N–H and O–H groups in total.